The van der Waals surface area contributed by atoms with Crippen molar-refractivity contribution >= 4 is 11.8 Å². The summed E-state index contributed by atoms with van der Waals surface area (Å²) in [4.78, 5) is 0. The van der Waals surface area contributed by atoms with E-state index in [4.69, 9.17) is 5.73 Å². The minimum Gasteiger partial charge on any atom is -0.329 e. The molecule has 1 unspecified atom stereocenters. The van der Waals surface area contributed by atoms with Gasteiger partial charge in [0.05, 0.1) is 0 Å². The van der Waals surface area contributed by atoms with Gasteiger partial charge < -0.3 is 5.73 Å². The number of nitrogens with two attached hydrogens (primary N) is 1. The molecule has 0 amide bonds. The second kappa shape index (κ2) is 4.24. The third-order valence-corrected chi connectivity index (χ3v) is 3.64. The molecular weight excluding hydrogens is 142 g/mol. The minimum atomic E-state index is 0.738. The molecule has 0 bridgehead atoms. The lowest BCUT2D eigenvalue weighted by Crippen LogP contribution is -2.23. The van der Waals surface area contributed by atoms with E-state index in [1.165, 1.54) is 25.7 Å². The van der Waals surface area contributed by atoms with Crippen molar-refractivity contribution < 1.29 is 0 Å². The van der Waals surface area contributed by atoms with E-state index < -0.39 is 0 Å². The number of thioether (sulfide) groups is 1. The van der Waals surface area contributed by atoms with Gasteiger partial charge in [-0.2, -0.15) is 11.8 Å². The molecule has 0 aromatic rings. The van der Waals surface area contributed by atoms with Gasteiger partial charge in [-0.1, -0.05) is 12.8 Å². The average molecular weight is 159 g/mol. The van der Waals surface area contributed by atoms with Crippen LogP contribution in [0.1, 0.15) is 25.7 Å². The van der Waals surface area contributed by atoms with Crippen molar-refractivity contribution in [2.24, 2.45) is 11.7 Å². The third kappa shape index (κ3) is 1.89. The Kier molecular flexibility index (Phi) is 3.57. The van der Waals surface area contributed by atoms with Crippen LogP contribution in [0, 0.1) is 5.92 Å². The summed E-state index contributed by atoms with van der Waals surface area (Å²) in [5.74, 6) is 0.931. The molecule has 0 aromatic carbocycles. The smallest absolute Gasteiger partial charge is 0.0195 e. The number of hydrogen-bond acceptors (Lipinski definition) is 2. The third-order valence-electron chi connectivity index (χ3n) is 2.46. The van der Waals surface area contributed by atoms with Gasteiger partial charge in [0, 0.05) is 11.8 Å². The van der Waals surface area contributed by atoms with Crippen molar-refractivity contribution in [2.75, 3.05) is 12.8 Å². The number of hydrogen-bond donors (Lipinski definition) is 1. The first kappa shape index (κ1) is 8.41. The summed E-state index contributed by atoms with van der Waals surface area (Å²) in [6, 6.07) is 0. The van der Waals surface area contributed by atoms with Crippen molar-refractivity contribution in [2.45, 2.75) is 30.9 Å². The molecule has 1 aliphatic rings. The molecule has 1 rings (SSSR count). The summed E-state index contributed by atoms with van der Waals surface area (Å²) in [7, 11) is 0. The topological polar surface area (TPSA) is 26.0 Å². The summed E-state index contributed by atoms with van der Waals surface area (Å²) in [5.41, 5.74) is 5.64. The fourth-order valence-corrected chi connectivity index (χ4v) is 2.66. The van der Waals surface area contributed by atoms with E-state index in [1.54, 1.807) is 0 Å². The fraction of sp³-hybridized carbons (Fsp3) is 1.00. The monoisotopic (exact) mass is 159 g/mol. The lowest BCUT2D eigenvalue weighted by Gasteiger charge is -2.18. The Morgan fingerprint density at radius 2 is 2.10 bits per heavy atom. The predicted molar refractivity (Wildman–Crippen MR) is 48.3 cm³/mol. The van der Waals surface area contributed by atoms with E-state index in [0.717, 1.165) is 17.7 Å². The molecule has 1 atom stereocenters. The van der Waals surface area contributed by atoms with Crippen LogP contribution in [-0.2, 0) is 0 Å². The Hall–Kier alpha value is 0.310. The molecule has 0 aliphatic heterocycles. The quantitative estimate of drug-likeness (QED) is 0.680. The van der Waals surface area contributed by atoms with Crippen LogP contribution in [0.3, 0.4) is 0 Å². The molecule has 2 N–H and O–H groups in total. The van der Waals surface area contributed by atoms with Crippen molar-refractivity contribution in [3.63, 3.8) is 0 Å². The van der Waals surface area contributed by atoms with Crippen LogP contribution < -0.4 is 5.73 Å². The first-order valence-electron chi connectivity index (χ1n) is 4.11. The van der Waals surface area contributed by atoms with Crippen LogP contribution >= 0.6 is 11.8 Å². The summed E-state index contributed by atoms with van der Waals surface area (Å²) in [6.07, 6.45) is 7.88. The summed E-state index contributed by atoms with van der Waals surface area (Å²) >= 11 is 1.94. The standard InChI is InChI=1S/C8H17NS/c1-10-8(6-9)7-4-2-3-5-7/h7-8H,2-6,9H2,1H3. The van der Waals surface area contributed by atoms with Crippen LogP contribution in [0.4, 0.5) is 0 Å². The van der Waals surface area contributed by atoms with Crippen molar-refractivity contribution in [1.82, 2.24) is 0 Å². The fourth-order valence-electron chi connectivity index (χ4n) is 1.81. The van der Waals surface area contributed by atoms with Gasteiger partial charge in [-0.15, -0.1) is 0 Å². The molecule has 1 aliphatic carbocycles. The lowest BCUT2D eigenvalue weighted by atomic mass is 10.0. The largest absolute Gasteiger partial charge is 0.329 e. The highest BCUT2D eigenvalue weighted by Crippen LogP contribution is 2.32. The van der Waals surface area contributed by atoms with E-state index in [9.17, 15) is 0 Å². The van der Waals surface area contributed by atoms with E-state index in [1.807, 2.05) is 11.8 Å². The van der Waals surface area contributed by atoms with Crippen LogP contribution in [-0.4, -0.2) is 18.1 Å². The second-order valence-corrected chi connectivity index (χ2v) is 4.13. The Balaban J connectivity index is 2.29. The summed E-state index contributed by atoms with van der Waals surface area (Å²) in [6.45, 7) is 0.867. The highest BCUT2D eigenvalue weighted by molar-refractivity contribution is 7.99. The van der Waals surface area contributed by atoms with Crippen molar-refractivity contribution in [3.8, 4) is 0 Å². The van der Waals surface area contributed by atoms with E-state index >= 15 is 0 Å². The van der Waals surface area contributed by atoms with E-state index in [2.05, 4.69) is 6.26 Å². The number of rotatable bonds is 3. The SMILES string of the molecule is CSC(CN)C1CCCC1. The molecule has 0 spiro atoms. The molecule has 2 heteroatoms. The Labute approximate surface area is 67.8 Å². The van der Waals surface area contributed by atoms with Crippen molar-refractivity contribution in [3.05, 3.63) is 0 Å². The van der Waals surface area contributed by atoms with Gasteiger partial charge in [-0.05, 0) is 25.0 Å². The zero-order chi connectivity index (χ0) is 7.40. The first-order valence-corrected chi connectivity index (χ1v) is 5.40. The van der Waals surface area contributed by atoms with Gasteiger partial charge in [0.25, 0.3) is 0 Å². The van der Waals surface area contributed by atoms with Crippen molar-refractivity contribution in [1.29, 1.82) is 0 Å². The maximum Gasteiger partial charge on any atom is 0.0195 e. The molecule has 1 saturated carbocycles. The molecule has 1 fully saturated rings. The molecule has 0 heterocycles. The molecule has 10 heavy (non-hydrogen) atoms. The van der Waals surface area contributed by atoms with Crippen LogP contribution in [0.25, 0.3) is 0 Å². The van der Waals surface area contributed by atoms with Gasteiger partial charge in [0.15, 0.2) is 0 Å². The maximum atomic E-state index is 5.64. The van der Waals surface area contributed by atoms with Gasteiger partial charge >= 0.3 is 0 Å². The van der Waals surface area contributed by atoms with Crippen LogP contribution in [0.2, 0.25) is 0 Å². The van der Waals surface area contributed by atoms with Crippen LogP contribution in [0.5, 0.6) is 0 Å². The van der Waals surface area contributed by atoms with Gasteiger partial charge in [0.1, 0.15) is 0 Å². The van der Waals surface area contributed by atoms with Gasteiger partial charge in [0.2, 0.25) is 0 Å². The molecule has 0 radical (unpaired) electrons. The normalized spacial score (nSPS) is 23.4. The lowest BCUT2D eigenvalue weighted by molar-refractivity contribution is 0.526. The molecule has 0 aromatic heterocycles. The van der Waals surface area contributed by atoms with E-state index in [0.29, 0.717) is 0 Å². The second-order valence-electron chi connectivity index (χ2n) is 3.05. The average Bonchev–Trinajstić information content (AvgIpc) is 2.43. The maximum absolute atomic E-state index is 5.64. The zero-order valence-corrected chi connectivity index (χ0v) is 7.49. The van der Waals surface area contributed by atoms with Crippen LogP contribution in [0.15, 0.2) is 0 Å². The minimum absolute atomic E-state index is 0.738. The Morgan fingerprint density at radius 3 is 2.50 bits per heavy atom. The molecular formula is C8H17NS. The Bertz CT molecular complexity index is 85.3. The summed E-state index contributed by atoms with van der Waals surface area (Å²) in [5, 5.41) is 0.738. The van der Waals surface area contributed by atoms with Gasteiger partial charge in [-0.25, -0.2) is 0 Å². The highest BCUT2D eigenvalue weighted by Gasteiger charge is 2.22. The zero-order valence-electron chi connectivity index (χ0n) is 6.68. The first-order chi connectivity index (χ1) is 4.88. The molecule has 60 valence electrons. The predicted octanol–water partition coefficient (Wildman–Crippen LogP) is 1.87. The summed E-state index contributed by atoms with van der Waals surface area (Å²) < 4.78 is 0. The van der Waals surface area contributed by atoms with E-state index in [-0.39, 0.29) is 0 Å². The molecule has 0 saturated heterocycles. The Morgan fingerprint density at radius 1 is 1.50 bits per heavy atom. The highest BCUT2D eigenvalue weighted by atomic mass is 32.2. The molecule has 1 nitrogen and oxygen atoms in total. The van der Waals surface area contributed by atoms with Gasteiger partial charge in [-0.3, -0.25) is 0 Å².